The van der Waals surface area contributed by atoms with Gasteiger partial charge in [-0.15, -0.1) is 0 Å². The Morgan fingerprint density at radius 3 is 2.69 bits per heavy atom. The van der Waals surface area contributed by atoms with Crippen molar-refractivity contribution in [2.45, 2.75) is 6.43 Å². The van der Waals surface area contributed by atoms with Crippen LogP contribution in [0.4, 0.5) is 14.6 Å². The molecule has 0 unspecified atom stereocenters. The summed E-state index contributed by atoms with van der Waals surface area (Å²) in [5, 5.41) is -0.305. The summed E-state index contributed by atoms with van der Waals surface area (Å²) in [5.41, 5.74) is 4.57. The molecule has 2 N–H and O–H groups in total. The van der Waals surface area contributed by atoms with Crippen LogP contribution in [0.1, 0.15) is 22.5 Å². The number of halogens is 3. The van der Waals surface area contributed by atoms with E-state index < -0.39 is 12.0 Å². The summed E-state index contributed by atoms with van der Waals surface area (Å²) in [6, 6.07) is 0.913. The maximum atomic E-state index is 12.2. The number of alkyl halides is 2. The van der Waals surface area contributed by atoms with Crippen molar-refractivity contribution in [1.82, 2.24) is 4.98 Å². The van der Waals surface area contributed by atoms with E-state index in [1.807, 2.05) is 0 Å². The largest absolute Gasteiger partial charge is 0.382 e. The number of rotatable bonds is 2. The first kappa shape index (κ1) is 9.85. The van der Waals surface area contributed by atoms with Gasteiger partial charge in [0.15, 0.2) is 6.29 Å². The molecule has 0 amide bonds. The lowest BCUT2D eigenvalue weighted by Gasteiger charge is -2.05. The average Bonchev–Trinajstić information content (AvgIpc) is 2.09. The number of carbonyl (C=O) groups excluding carboxylic acids is 1. The van der Waals surface area contributed by atoms with Crippen molar-refractivity contribution < 1.29 is 13.6 Å². The number of nitrogen functional groups attached to an aromatic ring is 1. The van der Waals surface area contributed by atoms with Crippen molar-refractivity contribution in [3.8, 4) is 0 Å². The summed E-state index contributed by atoms with van der Waals surface area (Å²) in [7, 11) is 0. The Bertz CT molecular complexity index is 344. The first-order chi connectivity index (χ1) is 6.06. The molecule has 1 aromatic rings. The third-order valence-corrected chi connectivity index (χ3v) is 1.80. The van der Waals surface area contributed by atoms with Crippen LogP contribution in [-0.2, 0) is 0 Å². The molecular weight excluding hydrogens is 202 g/mol. The molecule has 3 nitrogen and oxygen atoms in total. The van der Waals surface area contributed by atoms with E-state index in [1.54, 1.807) is 0 Å². The Hall–Kier alpha value is -1.23. The van der Waals surface area contributed by atoms with Crippen molar-refractivity contribution in [3.63, 3.8) is 0 Å². The normalized spacial score (nSPS) is 10.5. The molecule has 0 spiro atoms. The maximum absolute atomic E-state index is 12.2. The van der Waals surface area contributed by atoms with Crippen molar-refractivity contribution in [3.05, 3.63) is 22.3 Å². The first-order valence-corrected chi connectivity index (χ1v) is 3.63. The standard InChI is InChI=1S/C7H5ClF2N2O/c8-5-4(6(9)10)1-3(2-13)12-7(5)11/h1-2,6H,(H2,11,12). The van der Waals surface area contributed by atoms with E-state index in [0.29, 0.717) is 6.29 Å². The van der Waals surface area contributed by atoms with E-state index in [9.17, 15) is 13.6 Å². The molecule has 0 saturated carbocycles. The number of carbonyl (C=O) groups is 1. The second-order valence-electron chi connectivity index (χ2n) is 2.25. The van der Waals surface area contributed by atoms with E-state index in [1.165, 1.54) is 0 Å². The van der Waals surface area contributed by atoms with Crippen LogP contribution in [0.25, 0.3) is 0 Å². The van der Waals surface area contributed by atoms with Gasteiger partial charge in [0.1, 0.15) is 11.5 Å². The Kier molecular flexibility index (Phi) is 2.77. The fourth-order valence-corrected chi connectivity index (χ4v) is 0.989. The third-order valence-electron chi connectivity index (χ3n) is 1.39. The van der Waals surface area contributed by atoms with Crippen molar-refractivity contribution in [2.24, 2.45) is 0 Å². The highest BCUT2D eigenvalue weighted by molar-refractivity contribution is 6.33. The van der Waals surface area contributed by atoms with Gasteiger partial charge < -0.3 is 5.73 Å². The molecule has 1 aromatic heterocycles. The number of aldehydes is 1. The quantitative estimate of drug-likeness (QED) is 0.754. The first-order valence-electron chi connectivity index (χ1n) is 3.25. The minimum Gasteiger partial charge on any atom is -0.382 e. The summed E-state index contributed by atoms with van der Waals surface area (Å²) in [6.45, 7) is 0. The number of aromatic nitrogens is 1. The van der Waals surface area contributed by atoms with Gasteiger partial charge in [-0.05, 0) is 6.07 Å². The predicted molar refractivity (Wildman–Crippen MR) is 44.0 cm³/mol. The topological polar surface area (TPSA) is 56.0 Å². The van der Waals surface area contributed by atoms with E-state index in [2.05, 4.69) is 4.98 Å². The minimum atomic E-state index is -2.77. The molecule has 0 radical (unpaired) electrons. The summed E-state index contributed by atoms with van der Waals surface area (Å²) >= 11 is 5.43. The molecule has 1 rings (SSSR count). The Labute approximate surface area is 77.5 Å². The highest BCUT2D eigenvalue weighted by Gasteiger charge is 2.16. The lowest BCUT2D eigenvalue weighted by molar-refractivity contribution is 0.111. The number of hydrogen-bond donors (Lipinski definition) is 1. The number of anilines is 1. The summed E-state index contributed by atoms with van der Waals surface area (Å²) < 4.78 is 24.5. The van der Waals surface area contributed by atoms with Gasteiger partial charge >= 0.3 is 0 Å². The molecule has 0 atom stereocenters. The second-order valence-corrected chi connectivity index (χ2v) is 2.63. The van der Waals surface area contributed by atoms with Crippen LogP contribution in [-0.4, -0.2) is 11.3 Å². The van der Waals surface area contributed by atoms with Gasteiger partial charge in [0.25, 0.3) is 6.43 Å². The van der Waals surface area contributed by atoms with Crippen LogP contribution in [0, 0.1) is 0 Å². The minimum absolute atomic E-state index is 0.155. The smallest absolute Gasteiger partial charge is 0.265 e. The molecule has 6 heteroatoms. The molecule has 0 aliphatic heterocycles. The molecular formula is C7H5ClF2N2O. The second kappa shape index (κ2) is 3.66. The van der Waals surface area contributed by atoms with E-state index >= 15 is 0 Å². The Morgan fingerprint density at radius 1 is 1.62 bits per heavy atom. The molecule has 0 bridgehead atoms. The van der Waals surface area contributed by atoms with Crippen LogP contribution in [0.2, 0.25) is 5.02 Å². The van der Waals surface area contributed by atoms with E-state index in [-0.39, 0.29) is 16.5 Å². The van der Waals surface area contributed by atoms with Crippen LogP contribution in [0.15, 0.2) is 6.07 Å². The number of hydrogen-bond acceptors (Lipinski definition) is 3. The third kappa shape index (κ3) is 1.92. The molecule has 0 aliphatic rings. The van der Waals surface area contributed by atoms with Gasteiger partial charge in [0.2, 0.25) is 0 Å². The molecule has 70 valence electrons. The molecule has 0 aromatic carbocycles. The van der Waals surface area contributed by atoms with E-state index in [0.717, 1.165) is 6.07 Å². The lowest BCUT2D eigenvalue weighted by atomic mass is 10.2. The van der Waals surface area contributed by atoms with E-state index in [4.69, 9.17) is 17.3 Å². The van der Waals surface area contributed by atoms with Crippen molar-refractivity contribution in [1.29, 1.82) is 0 Å². The highest BCUT2D eigenvalue weighted by atomic mass is 35.5. The SMILES string of the molecule is Nc1nc(C=O)cc(C(F)F)c1Cl. The van der Waals surface area contributed by atoms with Gasteiger partial charge in [-0.1, -0.05) is 11.6 Å². The number of pyridine rings is 1. The zero-order valence-electron chi connectivity index (χ0n) is 6.30. The number of nitrogens with zero attached hydrogens (tertiary/aromatic N) is 1. The fraction of sp³-hybridized carbons (Fsp3) is 0.143. The van der Waals surface area contributed by atoms with Crippen LogP contribution >= 0.6 is 11.6 Å². The zero-order chi connectivity index (χ0) is 10.0. The van der Waals surface area contributed by atoms with Crippen LogP contribution in [0.3, 0.4) is 0 Å². The molecule has 13 heavy (non-hydrogen) atoms. The Balaban J connectivity index is 3.32. The van der Waals surface area contributed by atoms with Crippen LogP contribution in [0.5, 0.6) is 0 Å². The summed E-state index contributed by atoms with van der Waals surface area (Å²) in [4.78, 5) is 13.7. The monoisotopic (exact) mass is 206 g/mol. The number of nitrogens with two attached hydrogens (primary N) is 1. The highest BCUT2D eigenvalue weighted by Crippen LogP contribution is 2.30. The molecule has 0 saturated heterocycles. The van der Waals surface area contributed by atoms with Crippen molar-refractivity contribution in [2.75, 3.05) is 5.73 Å². The van der Waals surface area contributed by atoms with Crippen LogP contribution < -0.4 is 5.73 Å². The average molecular weight is 207 g/mol. The maximum Gasteiger partial charge on any atom is 0.265 e. The lowest BCUT2D eigenvalue weighted by Crippen LogP contribution is -2.00. The molecule has 0 aliphatic carbocycles. The van der Waals surface area contributed by atoms with Gasteiger partial charge in [0.05, 0.1) is 5.02 Å². The van der Waals surface area contributed by atoms with Crippen molar-refractivity contribution >= 4 is 23.7 Å². The fourth-order valence-electron chi connectivity index (χ4n) is 0.810. The summed E-state index contributed by atoms with van der Waals surface area (Å²) in [5.74, 6) is -0.262. The molecule has 0 fully saturated rings. The predicted octanol–water partition coefficient (Wildman–Crippen LogP) is 2.07. The zero-order valence-corrected chi connectivity index (χ0v) is 7.05. The Morgan fingerprint density at radius 2 is 2.23 bits per heavy atom. The van der Waals surface area contributed by atoms with Gasteiger partial charge in [-0.25, -0.2) is 13.8 Å². The van der Waals surface area contributed by atoms with Gasteiger partial charge in [-0.2, -0.15) is 0 Å². The summed E-state index contributed by atoms with van der Waals surface area (Å²) in [6.07, 6.45) is -2.44. The van der Waals surface area contributed by atoms with Gasteiger partial charge in [0, 0.05) is 5.56 Å². The van der Waals surface area contributed by atoms with Gasteiger partial charge in [-0.3, -0.25) is 4.79 Å². The molecule has 1 heterocycles.